The van der Waals surface area contributed by atoms with Gasteiger partial charge in [0.05, 0.1) is 5.54 Å². The summed E-state index contributed by atoms with van der Waals surface area (Å²) in [5, 5.41) is 0. The van der Waals surface area contributed by atoms with Gasteiger partial charge in [-0.25, -0.2) is 0 Å². The Bertz CT molecular complexity index is 416. The molecule has 0 aromatic heterocycles. The van der Waals surface area contributed by atoms with Crippen LogP contribution < -0.4 is 4.74 Å². The van der Waals surface area contributed by atoms with Crippen molar-refractivity contribution in [2.45, 2.75) is 38.8 Å². The molecule has 0 N–H and O–H groups in total. The van der Waals surface area contributed by atoms with E-state index in [0.717, 1.165) is 11.3 Å². The normalized spacial score (nSPS) is 14.2. The lowest BCUT2D eigenvalue weighted by Crippen LogP contribution is -2.48. The molecule has 0 saturated carbocycles. The van der Waals surface area contributed by atoms with Crippen molar-refractivity contribution in [3.05, 3.63) is 29.8 Å². The summed E-state index contributed by atoms with van der Waals surface area (Å²) in [6.45, 7) is 8.14. The SMILES string of the molecule is CO[Si](OC)(OC)C(C)c1ccccc1OC(C)(C)C. The Labute approximate surface area is 123 Å². The molecule has 0 aliphatic heterocycles. The van der Waals surface area contributed by atoms with E-state index in [1.54, 1.807) is 21.3 Å². The number of hydrogen-bond acceptors (Lipinski definition) is 4. The van der Waals surface area contributed by atoms with E-state index in [2.05, 4.69) is 0 Å². The van der Waals surface area contributed by atoms with E-state index in [4.69, 9.17) is 18.0 Å². The van der Waals surface area contributed by atoms with Crippen molar-refractivity contribution >= 4 is 8.80 Å². The third kappa shape index (κ3) is 3.82. The first-order chi connectivity index (χ1) is 9.29. The molecule has 1 aromatic carbocycles. The third-order valence-electron chi connectivity index (χ3n) is 3.19. The first kappa shape index (κ1) is 17.2. The van der Waals surface area contributed by atoms with Gasteiger partial charge in [-0.1, -0.05) is 25.1 Å². The molecule has 0 bridgehead atoms. The van der Waals surface area contributed by atoms with E-state index in [0.29, 0.717) is 0 Å². The fourth-order valence-corrected chi connectivity index (χ4v) is 4.41. The lowest BCUT2D eigenvalue weighted by atomic mass is 10.1. The van der Waals surface area contributed by atoms with Gasteiger partial charge in [0, 0.05) is 26.9 Å². The largest absolute Gasteiger partial charge is 0.507 e. The highest BCUT2D eigenvalue weighted by molar-refractivity contribution is 6.62. The topological polar surface area (TPSA) is 36.9 Å². The van der Waals surface area contributed by atoms with Crippen molar-refractivity contribution in [1.29, 1.82) is 0 Å². The van der Waals surface area contributed by atoms with Crippen molar-refractivity contribution in [2.75, 3.05) is 21.3 Å². The van der Waals surface area contributed by atoms with Crippen LogP contribution in [0.5, 0.6) is 5.75 Å². The van der Waals surface area contributed by atoms with Gasteiger partial charge in [0.25, 0.3) is 0 Å². The maximum Gasteiger partial charge on any atom is 0.507 e. The molecule has 0 amide bonds. The molecule has 0 radical (unpaired) electrons. The van der Waals surface area contributed by atoms with Gasteiger partial charge in [0.15, 0.2) is 0 Å². The van der Waals surface area contributed by atoms with Gasteiger partial charge in [0.1, 0.15) is 11.4 Å². The van der Waals surface area contributed by atoms with Crippen LogP contribution in [0, 0.1) is 0 Å². The van der Waals surface area contributed by atoms with E-state index < -0.39 is 8.80 Å². The number of para-hydroxylation sites is 1. The monoisotopic (exact) mass is 298 g/mol. The highest BCUT2D eigenvalue weighted by atomic mass is 28.4. The van der Waals surface area contributed by atoms with E-state index in [-0.39, 0.29) is 11.1 Å². The molecule has 1 unspecified atom stereocenters. The second kappa shape index (κ2) is 6.71. The van der Waals surface area contributed by atoms with Crippen molar-refractivity contribution in [1.82, 2.24) is 0 Å². The van der Waals surface area contributed by atoms with Crippen LogP contribution in [0.15, 0.2) is 24.3 Å². The molecular weight excluding hydrogens is 272 g/mol. The second-order valence-electron chi connectivity index (χ2n) is 5.69. The summed E-state index contributed by atoms with van der Waals surface area (Å²) in [7, 11) is 2.14. The first-order valence-electron chi connectivity index (χ1n) is 6.73. The Balaban J connectivity index is 3.18. The summed E-state index contributed by atoms with van der Waals surface area (Å²) in [6.07, 6.45) is 0. The quantitative estimate of drug-likeness (QED) is 0.754. The number of hydrogen-bond donors (Lipinski definition) is 0. The minimum Gasteiger partial charge on any atom is -0.488 e. The summed E-state index contributed by atoms with van der Waals surface area (Å²) in [5.41, 5.74) is 0.772. The molecule has 20 heavy (non-hydrogen) atoms. The maximum atomic E-state index is 6.04. The van der Waals surface area contributed by atoms with E-state index >= 15 is 0 Å². The predicted octanol–water partition coefficient (Wildman–Crippen LogP) is 3.38. The summed E-state index contributed by atoms with van der Waals surface area (Å²) in [6, 6.07) is 7.95. The number of ether oxygens (including phenoxy) is 1. The lowest BCUT2D eigenvalue weighted by Gasteiger charge is -2.32. The Morgan fingerprint density at radius 1 is 0.950 bits per heavy atom. The first-order valence-corrected chi connectivity index (χ1v) is 8.53. The van der Waals surface area contributed by atoms with Crippen LogP contribution in [-0.4, -0.2) is 35.7 Å². The Morgan fingerprint density at radius 2 is 1.45 bits per heavy atom. The molecule has 0 heterocycles. The highest BCUT2D eigenvalue weighted by Gasteiger charge is 2.46. The van der Waals surface area contributed by atoms with Gasteiger partial charge in [-0.15, -0.1) is 0 Å². The molecular formula is C15H26O4Si. The second-order valence-corrected chi connectivity index (χ2v) is 8.99. The van der Waals surface area contributed by atoms with Crippen LogP contribution in [0.4, 0.5) is 0 Å². The molecule has 1 rings (SSSR count). The molecule has 0 aliphatic carbocycles. The van der Waals surface area contributed by atoms with Crippen LogP contribution in [0.3, 0.4) is 0 Å². The van der Waals surface area contributed by atoms with Gasteiger partial charge in [-0.2, -0.15) is 0 Å². The van der Waals surface area contributed by atoms with Crippen LogP contribution >= 0.6 is 0 Å². The summed E-state index contributed by atoms with van der Waals surface area (Å²) in [5.74, 6) is 0.843. The minimum absolute atomic E-state index is 0.0129. The van der Waals surface area contributed by atoms with E-state index in [9.17, 15) is 0 Å². The molecule has 0 aliphatic rings. The van der Waals surface area contributed by atoms with Crippen LogP contribution in [0.2, 0.25) is 0 Å². The lowest BCUT2D eigenvalue weighted by molar-refractivity contribution is 0.109. The molecule has 0 fully saturated rings. The predicted molar refractivity (Wildman–Crippen MR) is 82.0 cm³/mol. The fourth-order valence-electron chi connectivity index (χ4n) is 2.23. The molecule has 114 valence electrons. The standard InChI is InChI=1S/C15H26O4Si/c1-12(20(16-5,17-6)18-7)13-10-8-9-11-14(13)19-15(2,3)4/h8-12H,1-7H3. The van der Waals surface area contributed by atoms with Gasteiger partial charge in [-0.05, 0) is 26.8 Å². The van der Waals surface area contributed by atoms with Gasteiger partial charge < -0.3 is 18.0 Å². The molecule has 1 aromatic rings. The third-order valence-corrected chi connectivity index (χ3v) is 6.26. The van der Waals surface area contributed by atoms with Crippen molar-refractivity contribution in [3.63, 3.8) is 0 Å². The average molecular weight is 298 g/mol. The minimum atomic E-state index is -2.75. The molecule has 0 saturated heterocycles. The van der Waals surface area contributed by atoms with Crippen molar-refractivity contribution in [2.24, 2.45) is 0 Å². The summed E-state index contributed by atoms with van der Waals surface area (Å²) < 4.78 is 22.8. The van der Waals surface area contributed by atoms with Gasteiger partial charge >= 0.3 is 8.80 Å². The molecule has 4 nitrogen and oxygen atoms in total. The van der Waals surface area contributed by atoms with E-state index in [1.165, 1.54) is 0 Å². The zero-order chi connectivity index (χ0) is 15.4. The summed E-state index contributed by atoms with van der Waals surface area (Å²) in [4.78, 5) is 0. The molecule has 5 heteroatoms. The molecule has 0 spiro atoms. The summed E-state index contributed by atoms with van der Waals surface area (Å²) >= 11 is 0. The maximum absolute atomic E-state index is 6.04. The van der Waals surface area contributed by atoms with Crippen LogP contribution in [0.25, 0.3) is 0 Å². The number of rotatable bonds is 6. The van der Waals surface area contributed by atoms with Crippen LogP contribution in [-0.2, 0) is 13.3 Å². The zero-order valence-electron chi connectivity index (χ0n) is 13.5. The smallest absolute Gasteiger partial charge is 0.488 e. The number of benzene rings is 1. The van der Waals surface area contributed by atoms with Gasteiger partial charge in [0.2, 0.25) is 0 Å². The van der Waals surface area contributed by atoms with Crippen LogP contribution in [0.1, 0.15) is 38.8 Å². The van der Waals surface area contributed by atoms with Crippen molar-refractivity contribution < 1.29 is 18.0 Å². The zero-order valence-corrected chi connectivity index (χ0v) is 14.5. The average Bonchev–Trinajstić information content (AvgIpc) is 2.40. The Kier molecular flexibility index (Phi) is 5.76. The molecule has 1 atom stereocenters. The van der Waals surface area contributed by atoms with E-state index in [1.807, 2.05) is 52.0 Å². The van der Waals surface area contributed by atoms with Crippen molar-refractivity contribution in [3.8, 4) is 5.75 Å². The highest BCUT2D eigenvalue weighted by Crippen LogP contribution is 2.35. The fraction of sp³-hybridized carbons (Fsp3) is 0.600. The Morgan fingerprint density at radius 3 is 1.90 bits per heavy atom. The van der Waals surface area contributed by atoms with Gasteiger partial charge in [-0.3, -0.25) is 0 Å². The Hall–Kier alpha value is -0.883.